The van der Waals surface area contributed by atoms with Crippen LogP contribution in [0.5, 0.6) is 5.75 Å². The zero-order chi connectivity index (χ0) is 23.1. The third-order valence-corrected chi connectivity index (χ3v) is 4.38. The van der Waals surface area contributed by atoms with Crippen LogP contribution >= 0.6 is 0 Å². The van der Waals surface area contributed by atoms with Crippen LogP contribution in [0.4, 0.5) is 19.4 Å². The molecule has 1 aromatic carbocycles. The lowest BCUT2D eigenvalue weighted by atomic mass is 10.2. The van der Waals surface area contributed by atoms with Gasteiger partial charge < -0.3 is 15.0 Å². The molecule has 2 amide bonds. The van der Waals surface area contributed by atoms with Crippen LogP contribution < -0.4 is 15.4 Å². The van der Waals surface area contributed by atoms with E-state index in [-0.39, 0.29) is 11.8 Å². The second-order valence-corrected chi connectivity index (χ2v) is 7.03. The van der Waals surface area contributed by atoms with Crippen LogP contribution in [-0.2, 0) is 6.54 Å². The second-order valence-electron chi connectivity index (χ2n) is 7.03. The Morgan fingerprint density at radius 3 is 2.62 bits per heavy atom. The largest absolute Gasteiger partial charge is 0.435 e. The number of nitrogens with one attached hydrogen (secondary N) is 2. The van der Waals surface area contributed by atoms with Crippen molar-refractivity contribution in [1.82, 2.24) is 25.2 Å². The van der Waals surface area contributed by atoms with Crippen LogP contribution in [0.25, 0.3) is 16.7 Å². The first-order chi connectivity index (χ1) is 15.3. The summed E-state index contributed by atoms with van der Waals surface area (Å²) < 4.78 is 28.9. The summed E-state index contributed by atoms with van der Waals surface area (Å²) in [5.74, 6) is 0.506. The van der Waals surface area contributed by atoms with Gasteiger partial charge in [0.1, 0.15) is 17.1 Å². The van der Waals surface area contributed by atoms with Gasteiger partial charge in [-0.3, -0.25) is 10.3 Å². The Morgan fingerprint density at radius 2 is 1.94 bits per heavy atom. The number of urea groups is 1. The van der Waals surface area contributed by atoms with Crippen LogP contribution in [0.1, 0.15) is 25.1 Å². The van der Waals surface area contributed by atoms with Gasteiger partial charge in [0.05, 0.1) is 11.9 Å². The van der Waals surface area contributed by atoms with E-state index in [1.807, 2.05) is 32.0 Å². The summed E-state index contributed by atoms with van der Waals surface area (Å²) in [6.07, 6.45) is 3.58. The number of rotatable bonds is 8. The van der Waals surface area contributed by atoms with E-state index in [4.69, 9.17) is 0 Å². The molecule has 0 aliphatic rings. The highest BCUT2D eigenvalue weighted by Crippen LogP contribution is 2.18. The van der Waals surface area contributed by atoms with E-state index in [0.717, 1.165) is 11.1 Å². The van der Waals surface area contributed by atoms with Gasteiger partial charge in [0, 0.05) is 26.3 Å². The molecule has 0 atom stereocenters. The van der Waals surface area contributed by atoms with Crippen molar-refractivity contribution in [3.05, 3.63) is 60.1 Å². The number of amides is 2. The molecule has 0 unspecified atom stereocenters. The molecule has 0 aliphatic heterocycles. The summed E-state index contributed by atoms with van der Waals surface area (Å²) in [4.78, 5) is 27.0. The fourth-order valence-electron chi connectivity index (χ4n) is 2.99. The number of anilines is 1. The van der Waals surface area contributed by atoms with E-state index in [2.05, 4.69) is 30.3 Å². The zero-order valence-electron chi connectivity index (χ0n) is 18.0. The topological polar surface area (TPSA) is 92.3 Å². The number of carbonyl (C=O) groups is 1. The smallest absolute Gasteiger partial charge is 0.387 e. The van der Waals surface area contributed by atoms with Gasteiger partial charge in [0.2, 0.25) is 0 Å². The van der Waals surface area contributed by atoms with Crippen molar-refractivity contribution in [3.63, 3.8) is 0 Å². The Hall–Kier alpha value is -3.82. The normalized spacial score (nSPS) is 11.5. The Labute approximate surface area is 184 Å². The van der Waals surface area contributed by atoms with Gasteiger partial charge >= 0.3 is 12.6 Å². The van der Waals surface area contributed by atoms with Crippen LogP contribution in [0, 0.1) is 0 Å². The number of carbonyl (C=O) groups excluding carboxylic acids is 1. The molecule has 32 heavy (non-hydrogen) atoms. The van der Waals surface area contributed by atoms with E-state index in [1.54, 1.807) is 30.5 Å². The van der Waals surface area contributed by atoms with Gasteiger partial charge in [-0.25, -0.2) is 14.8 Å². The summed E-state index contributed by atoms with van der Waals surface area (Å²) in [6.45, 7) is 1.96. The maximum atomic E-state index is 12.3. The van der Waals surface area contributed by atoms with Gasteiger partial charge in [-0.2, -0.15) is 8.78 Å². The molecule has 0 radical (unpaired) electrons. The fourth-order valence-corrected chi connectivity index (χ4v) is 2.99. The number of alkyl halides is 2. The van der Waals surface area contributed by atoms with Gasteiger partial charge in [-0.1, -0.05) is 12.1 Å². The molecule has 0 fully saturated rings. The number of nitrogens with zero attached hydrogens (tertiary/aromatic N) is 4. The minimum Gasteiger partial charge on any atom is -0.435 e. The lowest BCUT2D eigenvalue weighted by Crippen LogP contribution is -2.28. The number of pyridine rings is 1. The molecule has 10 heteroatoms. The molecular formula is C22H24F2N6O2. The summed E-state index contributed by atoms with van der Waals surface area (Å²) in [5, 5.41) is 5.30. The summed E-state index contributed by atoms with van der Waals surface area (Å²) >= 11 is 0. The first-order valence-corrected chi connectivity index (χ1v) is 9.95. The first-order valence-electron chi connectivity index (χ1n) is 9.95. The third-order valence-electron chi connectivity index (χ3n) is 4.38. The van der Waals surface area contributed by atoms with Crippen LogP contribution in [0.15, 0.2) is 48.8 Å². The maximum absolute atomic E-state index is 12.3. The van der Waals surface area contributed by atoms with E-state index in [1.165, 1.54) is 12.1 Å². The van der Waals surface area contributed by atoms with Crippen molar-refractivity contribution in [2.24, 2.45) is 0 Å². The number of fused-ring (bicyclic) bond motifs is 1. The highest BCUT2D eigenvalue weighted by atomic mass is 19.3. The van der Waals surface area contributed by atoms with Crippen molar-refractivity contribution < 1.29 is 18.3 Å². The highest BCUT2D eigenvalue weighted by Gasteiger charge is 2.08. The number of benzene rings is 1. The molecule has 2 heterocycles. The Bertz CT molecular complexity index is 1110. The van der Waals surface area contributed by atoms with Crippen molar-refractivity contribution in [3.8, 4) is 5.75 Å². The molecule has 0 bridgehead atoms. The highest BCUT2D eigenvalue weighted by molar-refractivity contribution is 5.89. The molecule has 0 spiro atoms. The molecule has 3 rings (SSSR count). The Morgan fingerprint density at radius 1 is 1.19 bits per heavy atom. The van der Waals surface area contributed by atoms with Crippen molar-refractivity contribution in [2.75, 3.05) is 18.9 Å². The summed E-state index contributed by atoms with van der Waals surface area (Å²) in [6, 6.07) is 9.57. The minimum atomic E-state index is -2.84. The Balaban J connectivity index is 1.71. The van der Waals surface area contributed by atoms with E-state index in [0.29, 0.717) is 35.8 Å². The van der Waals surface area contributed by atoms with Gasteiger partial charge in [0.15, 0.2) is 5.65 Å². The molecule has 0 aliphatic carbocycles. The molecular weight excluding hydrogens is 418 g/mol. The van der Waals surface area contributed by atoms with Crippen LogP contribution in [0.2, 0.25) is 0 Å². The van der Waals surface area contributed by atoms with Crippen molar-refractivity contribution in [2.45, 2.75) is 27.0 Å². The quantitative estimate of drug-likeness (QED) is 0.542. The molecule has 0 saturated carbocycles. The van der Waals surface area contributed by atoms with Crippen molar-refractivity contribution in [1.29, 1.82) is 0 Å². The lowest BCUT2D eigenvalue weighted by molar-refractivity contribution is -0.0498. The zero-order valence-corrected chi connectivity index (χ0v) is 18.0. The molecule has 2 aromatic heterocycles. The predicted octanol–water partition coefficient (Wildman–Crippen LogP) is 4.26. The minimum absolute atomic E-state index is 0.123. The van der Waals surface area contributed by atoms with E-state index >= 15 is 0 Å². The summed E-state index contributed by atoms with van der Waals surface area (Å²) in [7, 11) is 1.90. The fraction of sp³-hybridized carbons (Fsp3) is 0.273. The summed E-state index contributed by atoms with van der Waals surface area (Å²) in [5.41, 5.74) is 3.48. The van der Waals surface area contributed by atoms with Gasteiger partial charge in [-0.15, -0.1) is 0 Å². The lowest BCUT2D eigenvalue weighted by Gasteiger charge is -2.16. The van der Waals surface area contributed by atoms with E-state index < -0.39 is 6.61 Å². The molecule has 168 valence electrons. The maximum Gasteiger partial charge on any atom is 0.387 e. The molecule has 0 saturated heterocycles. The molecule has 2 N–H and O–H groups in total. The average molecular weight is 442 g/mol. The van der Waals surface area contributed by atoms with Gasteiger partial charge in [-0.05, 0) is 49.2 Å². The SMILES string of the molecule is CCNC(=O)Nc1ccc2ncc(C(C)=CN(C)Cc3ccc(OC(F)F)cc3)nc2n1. The molecule has 8 nitrogen and oxygen atoms in total. The second kappa shape index (κ2) is 10.5. The van der Waals surface area contributed by atoms with Crippen LogP contribution in [-0.4, -0.2) is 46.1 Å². The first kappa shape index (κ1) is 22.9. The number of hydrogen-bond donors (Lipinski definition) is 2. The third kappa shape index (κ3) is 6.34. The molecule has 3 aromatic rings. The number of hydrogen-bond acceptors (Lipinski definition) is 6. The number of halogens is 2. The Kier molecular flexibility index (Phi) is 7.48. The number of ether oxygens (including phenoxy) is 1. The van der Waals surface area contributed by atoms with Crippen LogP contribution in [0.3, 0.4) is 0 Å². The van der Waals surface area contributed by atoms with Gasteiger partial charge in [0.25, 0.3) is 0 Å². The standard InChI is InChI=1S/C22H24F2N6O2/c1-4-25-22(31)29-19-10-9-17-20(28-19)27-18(11-26-17)14(2)12-30(3)13-15-5-7-16(8-6-15)32-21(23)24/h5-12,21H,4,13H2,1-3H3,(H2,25,27,28,29,31). The average Bonchev–Trinajstić information content (AvgIpc) is 2.74. The van der Waals surface area contributed by atoms with Crippen molar-refractivity contribution >= 4 is 28.6 Å². The number of allylic oxidation sites excluding steroid dienone is 1. The predicted molar refractivity (Wildman–Crippen MR) is 118 cm³/mol. The van der Waals surface area contributed by atoms with E-state index in [9.17, 15) is 13.6 Å². The number of aromatic nitrogens is 3. The monoisotopic (exact) mass is 442 g/mol.